The van der Waals surface area contributed by atoms with Gasteiger partial charge in [0.15, 0.2) is 0 Å². The molecule has 0 aromatic heterocycles. The molecule has 3 heteroatoms. The molecule has 19 heavy (non-hydrogen) atoms. The first-order chi connectivity index (χ1) is 8.00. The molecule has 0 unspecified atom stereocenters. The number of rotatable bonds is 0. The summed E-state index contributed by atoms with van der Waals surface area (Å²) in [5.74, 6) is 0. The van der Waals surface area contributed by atoms with Gasteiger partial charge in [0.2, 0.25) is 0 Å². The standard InChI is InChI=1S/C9H13.C6H7.CH2.2ClH.Ti/c1-9(2,3)8-6-4-5-7-8;1-6-4-2-3-5-6;;;;/h4,6H,5H2,1-3H3;2,4H,3H2,1H3;1H2;2*1H;/q2*-1;;;;+2. The van der Waals surface area contributed by atoms with Crippen molar-refractivity contribution in [3.63, 3.8) is 0 Å². The van der Waals surface area contributed by atoms with Crippen molar-refractivity contribution in [2.24, 2.45) is 5.41 Å². The van der Waals surface area contributed by atoms with Crippen molar-refractivity contribution in [3.05, 3.63) is 47.6 Å². The maximum atomic E-state index is 3.30. The molecule has 0 aliphatic heterocycles. The molecule has 0 spiro atoms. The van der Waals surface area contributed by atoms with Crippen LogP contribution >= 0.6 is 24.8 Å². The van der Waals surface area contributed by atoms with E-state index in [1.807, 2.05) is 0 Å². The van der Waals surface area contributed by atoms with Gasteiger partial charge in [-0.05, 0) is 5.41 Å². The predicted octanol–water partition coefficient (Wildman–Crippen LogP) is 5.23. The van der Waals surface area contributed by atoms with Gasteiger partial charge in [0.05, 0.1) is 0 Å². The maximum absolute atomic E-state index is 3.30. The summed E-state index contributed by atoms with van der Waals surface area (Å²) >= 11 is 1.75. The third-order valence-electron chi connectivity index (χ3n) is 2.37. The molecule has 0 atom stereocenters. The Balaban J connectivity index is -0.000000227. The Morgan fingerprint density at radius 1 is 1.00 bits per heavy atom. The molecule has 0 N–H and O–H groups in total. The summed E-state index contributed by atoms with van der Waals surface area (Å²) < 4.78 is 0. The summed E-state index contributed by atoms with van der Waals surface area (Å²) in [6, 6.07) is 0. The molecule has 0 radical (unpaired) electrons. The van der Waals surface area contributed by atoms with Crippen molar-refractivity contribution >= 4 is 29.6 Å². The monoisotopic (exact) mass is 334 g/mol. The topological polar surface area (TPSA) is 0 Å². The van der Waals surface area contributed by atoms with Crippen LogP contribution in [0.3, 0.4) is 0 Å². The van der Waals surface area contributed by atoms with Crippen molar-refractivity contribution in [3.8, 4) is 0 Å². The minimum absolute atomic E-state index is 0. The average molecular weight is 335 g/mol. The van der Waals surface area contributed by atoms with Crippen LogP contribution in [0.1, 0.15) is 40.5 Å². The number of halogens is 2. The van der Waals surface area contributed by atoms with Gasteiger partial charge in [-0.15, -0.1) is 37.7 Å². The molecule has 0 saturated carbocycles. The van der Waals surface area contributed by atoms with Crippen molar-refractivity contribution in [1.82, 2.24) is 0 Å². The van der Waals surface area contributed by atoms with Gasteiger partial charge in [-0.1, -0.05) is 27.7 Å². The fraction of sp³-hybridized carbons (Fsp3) is 0.438. The van der Waals surface area contributed by atoms with Crippen LogP contribution in [0.2, 0.25) is 0 Å². The summed E-state index contributed by atoms with van der Waals surface area (Å²) in [6.45, 7) is 8.70. The number of allylic oxidation sites excluding steroid dienone is 8. The van der Waals surface area contributed by atoms with Gasteiger partial charge in [-0.2, -0.15) is 12.2 Å². The van der Waals surface area contributed by atoms with E-state index < -0.39 is 0 Å². The van der Waals surface area contributed by atoms with E-state index in [4.69, 9.17) is 0 Å². The Morgan fingerprint density at radius 2 is 1.47 bits per heavy atom. The minimum atomic E-state index is 0. The van der Waals surface area contributed by atoms with Crippen LogP contribution in [0.25, 0.3) is 0 Å². The fourth-order valence-corrected chi connectivity index (χ4v) is 1.43. The second-order valence-corrected chi connectivity index (χ2v) is 4.91. The Kier molecular flexibility index (Phi) is 16.7. The van der Waals surface area contributed by atoms with E-state index in [-0.39, 0.29) is 24.8 Å². The van der Waals surface area contributed by atoms with Crippen molar-refractivity contribution in [2.45, 2.75) is 40.5 Å². The molecule has 0 nitrogen and oxygen atoms in total. The zero-order valence-electron chi connectivity index (χ0n) is 12.2. The Bertz CT molecular complexity index is 341. The van der Waals surface area contributed by atoms with Crippen molar-refractivity contribution < 1.29 is 20.0 Å². The van der Waals surface area contributed by atoms with E-state index in [0.29, 0.717) is 5.41 Å². The van der Waals surface area contributed by atoms with E-state index >= 15 is 0 Å². The second-order valence-electron chi connectivity index (χ2n) is 4.91. The third kappa shape index (κ3) is 11.6. The van der Waals surface area contributed by atoms with Gasteiger partial charge in [-0.3, -0.25) is 12.2 Å². The summed E-state index contributed by atoms with van der Waals surface area (Å²) in [4.78, 5) is 3.25. The first-order valence-electron chi connectivity index (χ1n) is 5.87. The van der Waals surface area contributed by atoms with Crippen LogP contribution < -0.4 is 0 Å². The molecular formula is C16H24Cl2Ti. The van der Waals surface area contributed by atoms with Gasteiger partial charge < -0.3 is 0 Å². The van der Waals surface area contributed by atoms with Gasteiger partial charge in [0, 0.05) is 0 Å². The number of hydrogen-bond acceptors (Lipinski definition) is 0. The molecule has 0 aromatic carbocycles. The average Bonchev–Trinajstić information content (AvgIpc) is 2.92. The zero-order valence-corrected chi connectivity index (χ0v) is 15.4. The molecule has 2 rings (SSSR count). The van der Waals surface area contributed by atoms with Crippen LogP contribution in [0.15, 0.2) is 35.5 Å². The first kappa shape index (κ1) is 24.2. The van der Waals surface area contributed by atoms with E-state index in [1.165, 1.54) is 11.1 Å². The molecule has 0 saturated heterocycles. The SMILES string of the molecule is CC(C)(C)C1=[C-]CC=C1.CC1=[C-]CC=C1.Cl.Cl.[CH2]=[Ti+2]. The van der Waals surface area contributed by atoms with Crippen LogP contribution in [-0.2, 0) is 20.0 Å². The van der Waals surface area contributed by atoms with Crippen molar-refractivity contribution in [1.29, 1.82) is 0 Å². The quantitative estimate of drug-likeness (QED) is 0.420. The summed E-state index contributed by atoms with van der Waals surface area (Å²) in [6.07, 6.45) is 17.0. The second kappa shape index (κ2) is 13.1. The van der Waals surface area contributed by atoms with Gasteiger partial charge >= 0.3 is 24.8 Å². The molecule has 106 valence electrons. The molecule has 0 bridgehead atoms. The summed E-state index contributed by atoms with van der Waals surface area (Å²) in [7, 11) is 0. The predicted molar refractivity (Wildman–Crippen MR) is 87.8 cm³/mol. The molecule has 0 aromatic rings. The van der Waals surface area contributed by atoms with Gasteiger partial charge in [-0.25, -0.2) is 23.3 Å². The molecule has 2 aliphatic rings. The Morgan fingerprint density at radius 3 is 1.63 bits per heavy atom. The van der Waals surface area contributed by atoms with Crippen LogP contribution in [0, 0.1) is 17.6 Å². The van der Waals surface area contributed by atoms with Crippen LogP contribution in [-0.4, -0.2) is 4.82 Å². The normalized spacial score (nSPS) is 14.8. The zero-order chi connectivity index (χ0) is 13.3. The van der Waals surface area contributed by atoms with Gasteiger partial charge in [0.25, 0.3) is 0 Å². The number of hydrogen-bond donors (Lipinski definition) is 0. The van der Waals surface area contributed by atoms with E-state index in [0.717, 1.165) is 12.8 Å². The Hall–Kier alpha value is 0.124. The molecule has 0 heterocycles. The third-order valence-corrected chi connectivity index (χ3v) is 2.37. The molecular weight excluding hydrogens is 311 g/mol. The van der Waals surface area contributed by atoms with E-state index in [1.54, 1.807) is 20.0 Å². The van der Waals surface area contributed by atoms with Crippen molar-refractivity contribution in [2.75, 3.05) is 0 Å². The molecule has 0 fully saturated rings. The van der Waals surface area contributed by atoms with Gasteiger partial charge in [0.1, 0.15) is 0 Å². The summed E-state index contributed by atoms with van der Waals surface area (Å²) in [5.41, 5.74) is 2.92. The summed E-state index contributed by atoms with van der Waals surface area (Å²) in [5, 5.41) is 0. The van der Waals surface area contributed by atoms with Crippen LogP contribution in [0.5, 0.6) is 0 Å². The van der Waals surface area contributed by atoms with E-state index in [9.17, 15) is 0 Å². The fourth-order valence-electron chi connectivity index (χ4n) is 1.43. The van der Waals surface area contributed by atoms with Crippen LogP contribution in [0.4, 0.5) is 0 Å². The molecule has 2 aliphatic carbocycles. The first-order valence-corrected chi connectivity index (χ1v) is 6.98. The van der Waals surface area contributed by atoms with E-state index in [2.05, 4.69) is 69.0 Å². The Labute approximate surface area is 142 Å². The molecule has 0 amide bonds.